The van der Waals surface area contributed by atoms with Gasteiger partial charge in [-0.05, 0) is 85.8 Å². The van der Waals surface area contributed by atoms with Gasteiger partial charge >= 0.3 is 0 Å². The summed E-state index contributed by atoms with van der Waals surface area (Å²) < 4.78 is 8.65. The van der Waals surface area contributed by atoms with Crippen LogP contribution < -0.4 is 25.5 Å². The highest BCUT2D eigenvalue weighted by molar-refractivity contribution is 14.1. The SMILES string of the molecule is Clc1ccc2c(c1)Oc1ccccc1[Si]2(c1ccc(I)cc1)c1cccc(Br)c1. The molecular weight excluding hydrogens is 575 g/mol. The van der Waals surface area contributed by atoms with Gasteiger partial charge in [-0.25, -0.2) is 0 Å². The van der Waals surface area contributed by atoms with Gasteiger partial charge in [0.2, 0.25) is 0 Å². The maximum Gasteiger partial charge on any atom is 0.188 e. The Labute approximate surface area is 198 Å². The lowest BCUT2D eigenvalue weighted by Crippen LogP contribution is -2.76. The standard InChI is InChI=1S/C24H15BrClIOSi/c25-16-4-3-5-20(14-16)29(19-11-9-18(27)10-12-19)23-7-2-1-6-21(23)28-22-15-17(26)8-13-24(22)29/h1-15H. The predicted molar refractivity (Wildman–Crippen MR) is 136 cm³/mol. The zero-order valence-electron chi connectivity index (χ0n) is 15.2. The Kier molecular flexibility index (Phi) is 5.06. The summed E-state index contributed by atoms with van der Waals surface area (Å²) in [7, 11) is -2.57. The number of ether oxygens (including phenoxy) is 1. The van der Waals surface area contributed by atoms with Gasteiger partial charge in [0.25, 0.3) is 0 Å². The van der Waals surface area contributed by atoms with E-state index in [-0.39, 0.29) is 0 Å². The molecule has 0 saturated carbocycles. The van der Waals surface area contributed by atoms with Crippen LogP contribution in [-0.4, -0.2) is 8.07 Å². The van der Waals surface area contributed by atoms with Crippen LogP contribution >= 0.6 is 50.1 Å². The molecule has 0 aliphatic carbocycles. The maximum absolute atomic E-state index is 6.36. The maximum atomic E-state index is 6.36. The molecule has 0 bridgehead atoms. The first-order valence-electron chi connectivity index (χ1n) is 9.18. The number of fused-ring (bicyclic) bond motifs is 2. The number of benzene rings is 4. The Morgan fingerprint density at radius 1 is 0.724 bits per heavy atom. The molecule has 0 aromatic heterocycles. The molecule has 0 amide bonds. The van der Waals surface area contributed by atoms with Gasteiger partial charge in [0.1, 0.15) is 11.5 Å². The third kappa shape index (κ3) is 3.17. The molecule has 0 radical (unpaired) electrons. The summed E-state index contributed by atoms with van der Waals surface area (Å²) in [6, 6.07) is 32.1. The van der Waals surface area contributed by atoms with Crippen LogP contribution in [0, 0.1) is 3.57 Å². The van der Waals surface area contributed by atoms with Crippen LogP contribution in [0.5, 0.6) is 11.5 Å². The van der Waals surface area contributed by atoms with Crippen molar-refractivity contribution in [2.24, 2.45) is 0 Å². The van der Waals surface area contributed by atoms with Gasteiger partial charge in [-0.1, -0.05) is 76.1 Å². The average Bonchev–Trinajstić information content (AvgIpc) is 2.72. The van der Waals surface area contributed by atoms with Gasteiger partial charge < -0.3 is 4.74 Å². The summed E-state index contributed by atoms with van der Waals surface area (Å²) >= 11 is 12.4. The highest BCUT2D eigenvalue weighted by atomic mass is 127. The molecule has 29 heavy (non-hydrogen) atoms. The van der Waals surface area contributed by atoms with E-state index in [0.717, 1.165) is 16.0 Å². The Hall–Kier alpha value is -1.60. The van der Waals surface area contributed by atoms with E-state index in [0.29, 0.717) is 5.02 Å². The number of hydrogen-bond donors (Lipinski definition) is 0. The molecule has 0 N–H and O–H groups in total. The Bertz CT molecular complexity index is 1230. The fraction of sp³-hybridized carbons (Fsp3) is 0. The molecule has 1 aliphatic rings. The van der Waals surface area contributed by atoms with Gasteiger partial charge in [0.05, 0.1) is 0 Å². The molecule has 0 fully saturated rings. The molecule has 142 valence electrons. The third-order valence-corrected chi connectivity index (χ3v) is 11.7. The van der Waals surface area contributed by atoms with Crippen molar-refractivity contribution in [3.63, 3.8) is 0 Å². The number of halogens is 3. The van der Waals surface area contributed by atoms with Gasteiger partial charge in [-0.15, -0.1) is 0 Å². The van der Waals surface area contributed by atoms with E-state index in [2.05, 4.69) is 111 Å². The van der Waals surface area contributed by atoms with Crippen molar-refractivity contribution in [1.82, 2.24) is 0 Å². The van der Waals surface area contributed by atoms with Crippen LogP contribution in [0.3, 0.4) is 0 Å². The van der Waals surface area contributed by atoms with E-state index in [1.54, 1.807) is 0 Å². The molecule has 1 unspecified atom stereocenters. The van der Waals surface area contributed by atoms with E-state index in [1.165, 1.54) is 24.3 Å². The monoisotopic (exact) mass is 588 g/mol. The fourth-order valence-electron chi connectivity index (χ4n) is 4.23. The van der Waals surface area contributed by atoms with E-state index in [1.807, 2.05) is 18.2 Å². The molecule has 1 heterocycles. The Morgan fingerprint density at radius 3 is 2.28 bits per heavy atom. The van der Waals surface area contributed by atoms with Crippen molar-refractivity contribution in [2.45, 2.75) is 0 Å². The number of para-hydroxylation sites is 1. The second-order valence-corrected chi connectivity index (χ2v) is 13.3. The molecule has 5 heteroatoms. The van der Waals surface area contributed by atoms with Gasteiger partial charge in [-0.2, -0.15) is 0 Å². The van der Waals surface area contributed by atoms with E-state index in [4.69, 9.17) is 16.3 Å². The average molecular weight is 590 g/mol. The third-order valence-electron chi connectivity index (χ3n) is 5.39. The molecule has 0 saturated heterocycles. The van der Waals surface area contributed by atoms with Gasteiger partial charge in [0, 0.05) is 13.1 Å². The topological polar surface area (TPSA) is 9.23 Å². The van der Waals surface area contributed by atoms with E-state index < -0.39 is 8.07 Å². The minimum Gasteiger partial charge on any atom is -0.457 e. The first-order valence-corrected chi connectivity index (χ1v) is 13.4. The molecule has 1 atom stereocenters. The van der Waals surface area contributed by atoms with Gasteiger partial charge in [0.15, 0.2) is 8.07 Å². The zero-order chi connectivity index (χ0) is 20.0. The summed E-state index contributed by atoms with van der Waals surface area (Å²) in [4.78, 5) is 0. The molecule has 4 aromatic carbocycles. The molecular formula is C24H15BrClIOSi. The van der Waals surface area contributed by atoms with Crippen LogP contribution in [0.1, 0.15) is 0 Å². The Morgan fingerprint density at radius 2 is 1.48 bits per heavy atom. The van der Waals surface area contributed by atoms with Crippen molar-refractivity contribution in [1.29, 1.82) is 0 Å². The summed E-state index contributed by atoms with van der Waals surface area (Å²) in [5.41, 5.74) is 0. The summed E-state index contributed by atoms with van der Waals surface area (Å²) in [5.74, 6) is 1.76. The normalized spacial score (nSPS) is 17.2. The molecule has 1 nitrogen and oxygen atoms in total. The molecule has 5 rings (SSSR count). The van der Waals surface area contributed by atoms with Crippen LogP contribution in [0.2, 0.25) is 5.02 Å². The minimum absolute atomic E-state index is 0.683. The second-order valence-electron chi connectivity index (χ2n) is 7.01. The fourth-order valence-corrected chi connectivity index (χ4v) is 10.3. The quantitative estimate of drug-likeness (QED) is 0.204. The predicted octanol–water partition coefficient (Wildman–Crippen LogP) is 5.19. The summed E-state index contributed by atoms with van der Waals surface area (Å²) in [5, 5.41) is 5.81. The Balaban J connectivity index is 1.96. The van der Waals surface area contributed by atoms with Crippen molar-refractivity contribution in [2.75, 3.05) is 0 Å². The first kappa shape index (κ1) is 19.4. The van der Waals surface area contributed by atoms with Crippen molar-refractivity contribution in [3.8, 4) is 11.5 Å². The minimum atomic E-state index is -2.57. The van der Waals surface area contributed by atoms with Crippen molar-refractivity contribution in [3.05, 3.63) is 104 Å². The largest absolute Gasteiger partial charge is 0.457 e. The van der Waals surface area contributed by atoms with Crippen LogP contribution in [0.4, 0.5) is 0 Å². The lowest BCUT2D eigenvalue weighted by molar-refractivity contribution is 0.487. The second kappa shape index (κ2) is 7.58. The van der Waals surface area contributed by atoms with E-state index >= 15 is 0 Å². The van der Waals surface area contributed by atoms with Crippen molar-refractivity contribution < 1.29 is 4.74 Å². The molecule has 4 aromatic rings. The first-order chi connectivity index (χ1) is 14.1. The lowest BCUT2D eigenvalue weighted by Gasteiger charge is -2.39. The van der Waals surface area contributed by atoms with E-state index in [9.17, 15) is 0 Å². The van der Waals surface area contributed by atoms with Crippen LogP contribution in [-0.2, 0) is 0 Å². The zero-order valence-corrected chi connectivity index (χ0v) is 20.7. The highest BCUT2D eigenvalue weighted by Crippen LogP contribution is 2.31. The van der Waals surface area contributed by atoms with Crippen LogP contribution in [0.25, 0.3) is 0 Å². The molecule has 1 aliphatic heterocycles. The summed E-state index contributed by atoms with van der Waals surface area (Å²) in [6.07, 6.45) is 0. The van der Waals surface area contributed by atoms with Crippen LogP contribution in [0.15, 0.2) is 95.5 Å². The van der Waals surface area contributed by atoms with Crippen molar-refractivity contribution >= 4 is 78.9 Å². The summed E-state index contributed by atoms with van der Waals surface area (Å²) in [6.45, 7) is 0. The molecule has 0 spiro atoms. The highest BCUT2D eigenvalue weighted by Gasteiger charge is 2.47. The lowest BCUT2D eigenvalue weighted by atomic mass is 10.3. The smallest absolute Gasteiger partial charge is 0.188 e. The van der Waals surface area contributed by atoms with Gasteiger partial charge in [-0.3, -0.25) is 0 Å². The number of rotatable bonds is 2. The number of hydrogen-bond acceptors (Lipinski definition) is 1.